The monoisotopic (exact) mass is 216 g/mol. The maximum absolute atomic E-state index is 12.0. The first kappa shape index (κ1) is 10.9. The summed E-state index contributed by atoms with van der Waals surface area (Å²) < 4.78 is 2.07. The van der Waals surface area contributed by atoms with E-state index in [1.807, 2.05) is 38.2 Å². The Hall–Kier alpha value is -1.61. The van der Waals surface area contributed by atoms with Crippen molar-refractivity contribution in [2.75, 3.05) is 13.6 Å². The number of rotatable bonds is 3. The van der Waals surface area contributed by atoms with E-state index in [1.165, 1.54) is 0 Å². The van der Waals surface area contributed by atoms with Crippen LogP contribution in [0.3, 0.4) is 0 Å². The van der Waals surface area contributed by atoms with Crippen molar-refractivity contribution in [1.29, 1.82) is 0 Å². The zero-order valence-electron chi connectivity index (χ0n) is 9.87. The first-order valence-corrected chi connectivity index (χ1v) is 5.38. The van der Waals surface area contributed by atoms with Crippen molar-refractivity contribution in [2.45, 2.75) is 6.92 Å². The Kier molecular flexibility index (Phi) is 2.79. The van der Waals surface area contributed by atoms with Gasteiger partial charge in [0.1, 0.15) is 0 Å². The van der Waals surface area contributed by atoms with Gasteiger partial charge in [0.05, 0.1) is 6.54 Å². The molecule has 0 aliphatic rings. The molecule has 0 unspecified atom stereocenters. The summed E-state index contributed by atoms with van der Waals surface area (Å²) in [6.45, 7) is 2.37. The summed E-state index contributed by atoms with van der Waals surface area (Å²) in [4.78, 5) is 12.0. The molecule has 0 saturated carbocycles. The van der Waals surface area contributed by atoms with Gasteiger partial charge in [-0.1, -0.05) is 18.2 Å². The van der Waals surface area contributed by atoms with Crippen molar-refractivity contribution >= 4 is 16.7 Å². The van der Waals surface area contributed by atoms with E-state index in [0.717, 1.165) is 22.2 Å². The molecule has 0 aliphatic heterocycles. The first-order chi connectivity index (χ1) is 7.66. The minimum Gasteiger partial charge on any atom is -0.347 e. The molecule has 16 heavy (non-hydrogen) atoms. The summed E-state index contributed by atoms with van der Waals surface area (Å²) in [5, 5.41) is 3.95. The Labute approximate surface area is 95.1 Å². The molecule has 1 N–H and O–H groups in total. The molecule has 0 saturated heterocycles. The highest BCUT2D eigenvalue weighted by atomic mass is 16.1. The number of Topliss-reactive ketones (excluding diaryl/α,β-unsaturated/α-hetero) is 1. The van der Waals surface area contributed by atoms with Crippen molar-refractivity contribution in [2.24, 2.45) is 7.05 Å². The van der Waals surface area contributed by atoms with E-state index >= 15 is 0 Å². The van der Waals surface area contributed by atoms with Gasteiger partial charge in [-0.25, -0.2) is 0 Å². The number of nitrogens with zero attached hydrogens (tertiary/aromatic N) is 1. The van der Waals surface area contributed by atoms with Crippen molar-refractivity contribution in [1.82, 2.24) is 9.88 Å². The molecule has 84 valence electrons. The largest absolute Gasteiger partial charge is 0.347 e. The molecule has 1 aromatic carbocycles. The number of benzene rings is 1. The fourth-order valence-corrected chi connectivity index (χ4v) is 2.12. The Morgan fingerprint density at radius 1 is 1.38 bits per heavy atom. The minimum atomic E-state index is 0.150. The summed E-state index contributed by atoms with van der Waals surface area (Å²) in [5.41, 5.74) is 2.98. The molecule has 0 aliphatic carbocycles. The summed E-state index contributed by atoms with van der Waals surface area (Å²) in [6, 6.07) is 8.01. The lowest BCUT2D eigenvalue weighted by molar-refractivity contribution is 0.0994. The van der Waals surface area contributed by atoms with Gasteiger partial charge in [-0.15, -0.1) is 0 Å². The van der Waals surface area contributed by atoms with E-state index in [1.54, 1.807) is 7.05 Å². The van der Waals surface area contributed by atoms with Crippen molar-refractivity contribution < 1.29 is 4.79 Å². The number of hydrogen-bond acceptors (Lipinski definition) is 2. The molecule has 0 bridgehead atoms. The van der Waals surface area contributed by atoms with Crippen LogP contribution in [0.4, 0.5) is 0 Å². The van der Waals surface area contributed by atoms with Gasteiger partial charge in [0.15, 0.2) is 5.78 Å². The van der Waals surface area contributed by atoms with Crippen LogP contribution < -0.4 is 5.32 Å². The van der Waals surface area contributed by atoms with Crippen LogP contribution >= 0.6 is 0 Å². The van der Waals surface area contributed by atoms with Crippen LogP contribution in [-0.4, -0.2) is 23.9 Å². The molecule has 0 fully saturated rings. The molecular formula is C13H16N2O. The number of likely N-dealkylation sites (N-methyl/N-ethyl adjacent to an activating group) is 1. The highest BCUT2D eigenvalue weighted by molar-refractivity contribution is 6.10. The number of nitrogens with one attached hydrogen (secondary N) is 1. The van der Waals surface area contributed by atoms with E-state index in [4.69, 9.17) is 0 Å². The fourth-order valence-electron chi connectivity index (χ4n) is 2.12. The Morgan fingerprint density at radius 2 is 2.06 bits per heavy atom. The van der Waals surface area contributed by atoms with Crippen LogP contribution in [0.25, 0.3) is 10.9 Å². The maximum atomic E-state index is 12.0. The topological polar surface area (TPSA) is 34.0 Å². The van der Waals surface area contributed by atoms with Crippen LogP contribution in [0.5, 0.6) is 0 Å². The summed E-state index contributed by atoms with van der Waals surface area (Å²) in [5.74, 6) is 0.150. The third-order valence-electron chi connectivity index (χ3n) is 3.02. The van der Waals surface area contributed by atoms with Crippen LogP contribution in [0.2, 0.25) is 0 Å². The fraction of sp³-hybridized carbons (Fsp3) is 0.308. The Balaban J connectivity index is 2.68. The number of ketones is 1. The molecule has 0 atom stereocenters. The van der Waals surface area contributed by atoms with Crippen LogP contribution in [0.15, 0.2) is 24.3 Å². The highest BCUT2D eigenvalue weighted by Gasteiger charge is 2.16. The van der Waals surface area contributed by atoms with E-state index in [9.17, 15) is 4.79 Å². The normalized spacial score (nSPS) is 10.9. The zero-order valence-corrected chi connectivity index (χ0v) is 9.87. The van der Waals surface area contributed by atoms with Crippen LogP contribution in [0, 0.1) is 6.92 Å². The second-order valence-electron chi connectivity index (χ2n) is 3.99. The number of aryl methyl sites for hydroxylation is 1. The molecule has 2 rings (SSSR count). The van der Waals surface area contributed by atoms with Gasteiger partial charge in [0, 0.05) is 29.2 Å². The molecule has 2 aromatic rings. The zero-order chi connectivity index (χ0) is 11.7. The predicted molar refractivity (Wildman–Crippen MR) is 65.9 cm³/mol. The number of carbonyl (C=O) groups excluding carboxylic acids is 1. The van der Waals surface area contributed by atoms with Crippen molar-refractivity contribution in [3.05, 3.63) is 35.5 Å². The molecule has 1 heterocycles. The van der Waals surface area contributed by atoms with Gasteiger partial charge in [-0.3, -0.25) is 4.79 Å². The van der Waals surface area contributed by atoms with Gasteiger partial charge < -0.3 is 9.88 Å². The van der Waals surface area contributed by atoms with Crippen molar-refractivity contribution in [3.63, 3.8) is 0 Å². The molecule has 0 spiro atoms. The standard InChI is InChI=1S/C13H16N2O/c1-9-13(12(16)8-14-2)10-6-4-5-7-11(10)15(9)3/h4-7,14H,8H2,1-3H3. The molecule has 0 radical (unpaired) electrons. The van der Waals surface area contributed by atoms with E-state index < -0.39 is 0 Å². The van der Waals surface area contributed by atoms with Gasteiger partial charge in [0.2, 0.25) is 0 Å². The smallest absolute Gasteiger partial charge is 0.179 e. The van der Waals surface area contributed by atoms with Gasteiger partial charge in [-0.2, -0.15) is 0 Å². The van der Waals surface area contributed by atoms with E-state index in [-0.39, 0.29) is 5.78 Å². The summed E-state index contributed by atoms with van der Waals surface area (Å²) in [7, 11) is 3.78. The second kappa shape index (κ2) is 4.10. The van der Waals surface area contributed by atoms with Gasteiger partial charge >= 0.3 is 0 Å². The average Bonchev–Trinajstić information content (AvgIpc) is 2.53. The summed E-state index contributed by atoms with van der Waals surface area (Å²) in [6.07, 6.45) is 0. The second-order valence-corrected chi connectivity index (χ2v) is 3.99. The third kappa shape index (κ3) is 1.53. The highest BCUT2D eigenvalue weighted by Crippen LogP contribution is 2.24. The van der Waals surface area contributed by atoms with Crippen LogP contribution in [-0.2, 0) is 7.05 Å². The number of fused-ring (bicyclic) bond motifs is 1. The lowest BCUT2D eigenvalue weighted by atomic mass is 10.1. The molecule has 3 nitrogen and oxygen atoms in total. The van der Waals surface area contributed by atoms with Crippen molar-refractivity contribution in [3.8, 4) is 0 Å². The van der Waals surface area contributed by atoms with E-state index in [2.05, 4.69) is 9.88 Å². The quantitative estimate of drug-likeness (QED) is 0.795. The van der Waals surface area contributed by atoms with Gasteiger partial charge in [0.25, 0.3) is 0 Å². The van der Waals surface area contributed by atoms with Crippen LogP contribution in [0.1, 0.15) is 16.1 Å². The van der Waals surface area contributed by atoms with Gasteiger partial charge in [-0.05, 0) is 20.0 Å². The predicted octanol–water partition coefficient (Wildman–Crippen LogP) is 1.89. The average molecular weight is 216 g/mol. The summed E-state index contributed by atoms with van der Waals surface area (Å²) >= 11 is 0. The lowest BCUT2D eigenvalue weighted by Gasteiger charge is -2.01. The first-order valence-electron chi connectivity index (χ1n) is 5.38. The Morgan fingerprint density at radius 3 is 2.75 bits per heavy atom. The minimum absolute atomic E-state index is 0.150. The third-order valence-corrected chi connectivity index (χ3v) is 3.02. The number of carbonyl (C=O) groups is 1. The molecular weight excluding hydrogens is 200 g/mol. The molecule has 3 heteroatoms. The van der Waals surface area contributed by atoms with E-state index in [0.29, 0.717) is 6.54 Å². The Bertz CT molecular complexity index is 540. The number of hydrogen-bond donors (Lipinski definition) is 1. The number of aromatic nitrogens is 1. The maximum Gasteiger partial charge on any atom is 0.179 e. The molecule has 0 amide bonds. The number of para-hydroxylation sites is 1. The SMILES string of the molecule is CNCC(=O)c1c(C)n(C)c2ccccc12. The lowest BCUT2D eigenvalue weighted by Crippen LogP contribution is -2.19. The molecule has 1 aromatic heterocycles.